The van der Waals surface area contributed by atoms with Crippen LogP contribution < -0.4 is 0 Å². The minimum Gasteiger partial charge on any atom is -0.466 e. The molecule has 21 heavy (non-hydrogen) atoms. The van der Waals surface area contributed by atoms with E-state index in [2.05, 4.69) is 0 Å². The van der Waals surface area contributed by atoms with E-state index in [9.17, 15) is 9.59 Å². The molecule has 0 saturated heterocycles. The van der Waals surface area contributed by atoms with E-state index in [1.807, 2.05) is 49.4 Å². The summed E-state index contributed by atoms with van der Waals surface area (Å²) in [5, 5.41) is 2.18. The molecule has 1 atom stereocenters. The predicted molar refractivity (Wildman–Crippen MR) is 83.2 cm³/mol. The summed E-state index contributed by atoms with van der Waals surface area (Å²) in [5.74, 6) is -0.783. The summed E-state index contributed by atoms with van der Waals surface area (Å²) in [6, 6.07) is 14.0. The monoisotopic (exact) mass is 284 g/mol. The van der Waals surface area contributed by atoms with Crippen molar-refractivity contribution in [3.8, 4) is 0 Å². The number of Topliss-reactive ketones (excluding diaryl/α,β-unsaturated/α-hetero) is 1. The molecule has 0 heterocycles. The molecule has 0 spiro atoms. The molecule has 0 N–H and O–H groups in total. The average molecular weight is 284 g/mol. The molecule has 2 aromatic rings. The summed E-state index contributed by atoms with van der Waals surface area (Å²) in [6.07, 6.45) is 0.516. The average Bonchev–Trinajstić information content (AvgIpc) is 2.48. The van der Waals surface area contributed by atoms with Gasteiger partial charge in [0.15, 0.2) is 5.78 Å². The van der Waals surface area contributed by atoms with Gasteiger partial charge in [0.05, 0.1) is 6.61 Å². The van der Waals surface area contributed by atoms with Crippen LogP contribution in [-0.2, 0) is 14.3 Å². The Balaban J connectivity index is 2.31. The van der Waals surface area contributed by atoms with Crippen LogP contribution in [0.25, 0.3) is 10.8 Å². The van der Waals surface area contributed by atoms with Crippen molar-refractivity contribution in [1.82, 2.24) is 0 Å². The number of fused-ring (bicyclic) bond motifs is 1. The van der Waals surface area contributed by atoms with Crippen molar-refractivity contribution in [1.29, 1.82) is 0 Å². The van der Waals surface area contributed by atoms with E-state index in [-0.39, 0.29) is 18.1 Å². The van der Waals surface area contributed by atoms with Crippen molar-refractivity contribution < 1.29 is 14.3 Å². The van der Waals surface area contributed by atoms with E-state index in [0.29, 0.717) is 13.0 Å². The Morgan fingerprint density at radius 1 is 1.05 bits per heavy atom. The lowest BCUT2D eigenvalue weighted by molar-refractivity contribution is -0.145. The molecular formula is C18H20O3. The van der Waals surface area contributed by atoms with Gasteiger partial charge in [-0.05, 0) is 29.7 Å². The van der Waals surface area contributed by atoms with Gasteiger partial charge in [0.2, 0.25) is 0 Å². The van der Waals surface area contributed by atoms with E-state index < -0.39 is 5.97 Å². The minimum absolute atomic E-state index is 0.0766. The first-order valence-electron chi connectivity index (χ1n) is 7.33. The van der Waals surface area contributed by atoms with E-state index >= 15 is 0 Å². The Bertz CT molecular complexity index is 640. The largest absolute Gasteiger partial charge is 0.466 e. The van der Waals surface area contributed by atoms with Gasteiger partial charge in [-0.15, -0.1) is 0 Å². The molecule has 0 saturated carbocycles. The molecule has 0 aromatic heterocycles. The first kappa shape index (κ1) is 15.2. The third-order valence-corrected chi connectivity index (χ3v) is 3.62. The lowest BCUT2D eigenvalue weighted by atomic mass is 9.87. The highest BCUT2D eigenvalue weighted by Crippen LogP contribution is 2.29. The summed E-state index contributed by atoms with van der Waals surface area (Å²) in [4.78, 5) is 23.9. The number of ketones is 1. The van der Waals surface area contributed by atoms with Crippen LogP contribution in [-0.4, -0.2) is 18.4 Å². The van der Waals surface area contributed by atoms with Crippen molar-refractivity contribution in [2.24, 2.45) is 0 Å². The number of benzene rings is 2. The van der Waals surface area contributed by atoms with Crippen LogP contribution in [0.3, 0.4) is 0 Å². The minimum atomic E-state index is -0.443. The SMILES string of the molecule is CCOC(=O)CC(=O)[C@H](CC)c1cccc2ccccc12. The van der Waals surface area contributed by atoms with Crippen LogP contribution in [0.5, 0.6) is 0 Å². The zero-order valence-corrected chi connectivity index (χ0v) is 12.5. The van der Waals surface area contributed by atoms with Gasteiger partial charge in [-0.25, -0.2) is 0 Å². The molecule has 0 radical (unpaired) electrons. The molecule has 3 heteroatoms. The van der Waals surface area contributed by atoms with Crippen LogP contribution in [0.4, 0.5) is 0 Å². The summed E-state index contributed by atoms with van der Waals surface area (Å²) < 4.78 is 4.87. The molecule has 3 nitrogen and oxygen atoms in total. The fraction of sp³-hybridized carbons (Fsp3) is 0.333. The zero-order chi connectivity index (χ0) is 15.2. The molecule has 0 bridgehead atoms. The number of carbonyl (C=O) groups excluding carboxylic acids is 2. The maximum absolute atomic E-state index is 12.4. The van der Waals surface area contributed by atoms with Gasteiger partial charge < -0.3 is 4.74 Å². The van der Waals surface area contributed by atoms with E-state index in [1.54, 1.807) is 6.92 Å². The van der Waals surface area contributed by atoms with Crippen LogP contribution in [0, 0.1) is 0 Å². The highest BCUT2D eigenvalue weighted by molar-refractivity contribution is 6.01. The number of hydrogen-bond acceptors (Lipinski definition) is 3. The van der Waals surface area contributed by atoms with Gasteiger partial charge in [0.1, 0.15) is 6.42 Å². The van der Waals surface area contributed by atoms with Crippen molar-refractivity contribution in [2.45, 2.75) is 32.6 Å². The van der Waals surface area contributed by atoms with Crippen molar-refractivity contribution >= 4 is 22.5 Å². The predicted octanol–water partition coefficient (Wildman–Crippen LogP) is 3.86. The fourth-order valence-corrected chi connectivity index (χ4v) is 2.65. The number of hydrogen-bond donors (Lipinski definition) is 0. The van der Waals surface area contributed by atoms with Gasteiger partial charge in [-0.2, -0.15) is 0 Å². The molecule has 0 amide bonds. The second-order valence-corrected chi connectivity index (χ2v) is 4.98. The Morgan fingerprint density at radius 3 is 2.48 bits per heavy atom. The lowest BCUT2D eigenvalue weighted by Crippen LogP contribution is -2.18. The first-order valence-corrected chi connectivity index (χ1v) is 7.33. The molecule has 0 unspecified atom stereocenters. The molecule has 0 aliphatic carbocycles. The number of rotatable bonds is 6. The van der Waals surface area contributed by atoms with E-state index in [1.165, 1.54) is 0 Å². The van der Waals surface area contributed by atoms with Crippen molar-refractivity contribution in [2.75, 3.05) is 6.61 Å². The summed E-state index contributed by atoms with van der Waals surface area (Å²) in [6.45, 7) is 4.01. The zero-order valence-electron chi connectivity index (χ0n) is 12.5. The fourth-order valence-electron chi connectivity index (χ4n) is 2.65. The second-order valence-electron chi connectivity index (χ2n) is 4.98. The lowest BCUT2D eigenvalue weighted by Gasteiger charge is -2.16. The van der Waals surface area contributed by atoms with Crippen LogP contribution in [0.2, 0.25) is 0 Å². The molecule has 2 aromatic carbocycles. The van der Waals surface area contributed by atoms with Crippen molar-refractivity contribution in [3.63, 3.8) is 0 Å². The van der Waals surface area contributed by atoms with E-state index in [0.717, 1.165) is 16.3 Å². The van der Waals surface area contributed by atoms with Crippen LogP contribution in [0.15, 0.2) is 42.5 Å². The van der Waals surface area contributed by atoms with Gasteiger partial charge in [-0.1, -0.05) is 49.4 Å². The van der Waals surface area contributed by atoms with Gasteiger partial charge in [0, 0.05) is 5.92 Å². The third kappa shape index (κ3) is 3.48. The molecule has 0 aliphatic heterocycles. The Hall–Kier alpha value is -2.16. The number of esters is 1. The van der Waals surface area contributed by atoms with Gasteiger partial charge in [-0.3, -0.25) is 9.59 Å². The molecule has 2 rings (SSSR count). The number of carbonyl (C=O) groups is 2. The molecule has 0 aliphatic rings. The van der Waals surface area contributed by atoms with Crippen molar-refractivity contribution in [3.05, 3.63) is 48.0 Å². The smallest absolute Gasteiger partial charge is 0.313 e. The van der Waals surface area contributed by atoms with Crippen LogP contribution in [0.1, 0.15) is 38.2 Å². The third-order valence-electron chi connectivity index (χ3n) is 3.62. The summed E-state index contributed by atoms with van der Waals surface area (Å²) in [7, 11) is 0. The quantitative estimate of drug-likeness (QED) is 0.597. The number of ether oxygens (including phenoxy) is 1. The maximum atomic E-state index is 12.4. The Morgan fingerprint density at radius 2 is 1.76 bits per heavy atom. The van der Waals surface area contributed by atoms with Crippen LogP contribution >= 0.6 is 0 Å². The molecule has 0 fully saturated rings. The highest BCUT2D eigenvalue weighted by Gasteiger charge is 2.23. The Labute approximate surface area is 124 Å². The molecular weight excluding hydrogens is 264 g/mol. The first-order chi connectivity index (χ1) is 10.2. The summed E-state index contributed by atoms with van der Waals surface area (Å²) in [5.41, 5.74) is 0.991. The van der Waals surface area contributed by atoms with E-state index in [4.69, 9.17) is 4.74 Å². The maximum Gasteiger partial charge on any atom is 0.313 e. The van der Waals surface area contributed by atoms with Gasteiger partial charge >= 0.3 is 5.97 Å². The highest BCUT2D eigenvalue weighted by atomic mass is 16.5. The second kappa shape index (κ2) is 7.02. The topological polar surface area (TPSA) is 43.4 Å². The summed E-state index contributed by atoms with van der Waals surface area (Å²) >= 11 is 0. The standard InChI is InChI=1S/C18H20O3/c1-3-14(17(19)12-18(20)21-4-2)16-11-7-9-13-8-5-6-10-15(13)16/h5-11,14H,3-4,12H2,1-2H3/t14-/m1/s1. The molecule has 110 valence electrons. The normalized spacial score (nSPS) is 12.1. The Kier molecular flexibility index (Phi) is 5.09. The van der Waals surface area contributed by atoms with Gasteiger partial charge in [0.25, 0.3) is 0 Å².